The Balaban J connectivity index is 1.51. The van der Waals surface area contributed by atoms with Gasteiger partial charge < -0.3 is 15.5 Å². The Kier molecular flexibility index (Phi) is 6.95. The summed E-state index contributed by atoms with van der Waals surface area (Å²) in [7, 11) is 0. The molecule has 0 aromatic heterocycles. The van der Waals surface area contributed by atoms with Gasteiger partial charge in [0.1, 0.15) is 5.82 Å². The summed E-state index contributed by atoms with van der Waals surface area (Å²) >= 11 is 0. The molecule has 2 N–H and O–H groups in total. The van der Waals surface area contributed by atoms with Gasteiger partial charge in [-0.1, -0.05) is 24.3 Å². The highest BCUT2D eigenvalue weighted by molar-refractivity contribution is 5.89. The number of rotatable bonds is 6. The van der Waals surface area contributed by atoms with Gasteiger partial charge in [0.25, 0.3) is 5.69 Å². The summed E-state index contributed by atoms with van der Waals surface area (Å²) in [6.07, 6.45) is 1.62. The smallest absolute Gasteiger partial charge is 0.319 e. The molecule has 1 unspecified atom stereocenters. The molecule has 30 heavy (non-hydrogen) atoms. The van der Waals surface area contributed by atoms with Crippen molar-refractivity contribution in [2.24, 2.45) is 5.92 Å². The van der Waals surface area contributed by atoms with E-state index in [0.717, 1.165) is 12.8 Å². The minimum absolute atomic E-state index is 0.0304. The highest BCUT2D eigenvalue weighted by atomic mass is 19.1. The zero-order valence-corrected chi connectivity index (χ0v) is 16.3. The second-order valence-corrected chi connectivity index (χ2v) is 7.26. The standard InChI is InChI=1S/C21H23FN4O4/c22-17-7-3-8-18(12-17)24-21(28)23-13-15-5-4-10-25(14-15)20(27)11-16-6-1-2-9-19(16)26(29)30/h1-3,6-9,12,15H,4-5,10-11,13-14H2,(H2,23,24,28). The van der Waals surface area contributed by atoms with E-state index in [-0.39, 0.29) is 23.9 Å². The third-order valence-corrected chi connectivity index (χ3v) is 5.04. The number of likely N-dealkylation sites (tertiary alicyclic amines) is 1. The third-order valence-electron chi connectivity index (χ3n) is 5.04. The number of para-hydroxylation sites is 1. The summed E-state index contributed by atoms with van der Waals surface area (Å²) in [4.78, 5) is 37.1. The molecular weight excluding hydrogens is 391 g/mol. The first-order chi connectivity index (χ1) is 14.4. The first-order valence-electron chi connectivity index (χ1n) is 9.73. The van der Waals surface area contributed by atoms with Gasteiger partial charge in [-0.05, 0) is 37.0 Å². The molecule has 3 amide bonds. The summed E-state index contributed by atoms with van der Waals surface area (Å²) in [6.45, 7) is 1.43. The van der Waals surface area contributed by atoms with Crippen LogP contribution in [0.1, 0.15) is 18.4 Å². The maximum absolute atomic E-state index is 13.2. The number of urea groups is 1. The maximum Gasteiger partial charge on any atom is 0.319 e. The van der Waals surface area contributed by atoms with Crippen LogP contribution in [0.25, 0.3) is 0 Å². The molecule has 0 aliphatic carbocycles. The van der Waals surface area contributed by atoms with E-state index in [1.54, 1.807) is 29.2 Å². The monoisotopic (exact) mass is 414 g/mol. The average Bonchev–Trinajstić information content (AvgIpc) is 2.73. The lowest BCUT2D eigenvalue weighted by Gasteiger charge is -2.33. The van der Waals surface area contributed by atoms with E-state index in [0.29, 0.717) is 30.9 Å². The number of nitro groups is 1. The van der Waals surface area contributed by atoms with Crippen LogP contribution >= 0.6 is 0 Å². The van der Waals surface area contributed by atoms with Crippen molar-refractivity contribution in [3.05, 3.63) is 70.0 Å². The lowest BCUT2D eigenvalue weighted by atomic mass is 9.97. The number of nitrogens with zero attached hydrogens (tertiary/aromatic N) is 2. The second-order valence-electron chi connectivity index (χ2n) is 7.26. The molecule has 0 bridgehead atoms. The Labute approximate surface area is 173 Å². The number of anilines is 1. The zero-order valence-electron chi connectivity index (χ0n) is 16.3. The van der Waals surface area contributed by atoms with Gasteiger partial charge in [0.05, 0.1) is 11.3 Å². The minimum atomic E-state index is -0.483. The number of hydrogen-bond acceptors (Lipinski definition) is 4. The molecule has 0 saturated carbocycles. The van der Waals surface area contributed by atoms with E-state index < -0.39 is 16.8 Å². The fourth-order valence-electron chi connectivity index (χ4n) is 3.55. The molecule has 1 aliphatic rings. The summed E-state index contributed by atoms with van der Waals surface area (Å²) in [5.74, 6) is -0.530. The normalized spacial score (nSPS) is 16.0. The molecule has 158 valence electrons. The fourth-order valence-corrected chi connectivity index (χ4v) is 3.55. The first kappa shape index (κ1) is 21.2. The molecule has 9 heteroatoms. The molecular formula is C21H23FN4O4. The van der Waals surface area contributed by atoms with E-state index in [9.17, 15) is 24.1 Å². The number of carbonyl (C=O) groups excluding carboxylic acids is 2. The van der Waals surface area contributed by atoms with Crippen LogP contribution in [0.4, 0.5) is 20.6 Å². The van der Waals surface area contributed by atoms with Crippen LogP contribution in [-0.4, -0.2) is 41.4 Å². The lowest BCUT2D eigenvalue weighted by Crippen LogP contribution is -2.44. The van der Waals surface area contributed by atoms with Crippen LogP contribution in [0, 0.1) is 21.8 Å². The molecule has 1 saturated heterocycles. The Morgan fingerprint density at radius 3 is 2.77 bits per heavy atom. The summed E-state index contributed by atoms with van der Waals surface area (Å²) < 4.78 is 13.2. The molecule has 8 nitrogen and oxygen atoms in total. The van der Waals surface area contributed by atoms with Gasteiger partial charge in [0.2, 0.25) is 5.91 Å². The number of benzene rings is 2. The van der Waals surface area contributed by atoms with Crippen molar-refractivity contribution in [2.45, 2.75) is 19.3 Å². The molecule has 1 heterocycles. The third kappa shape index (κ3) is 5.76. The quantitative estimate of drug-likeness (QED) is 0.559. The average molecular weight is 414 g/mol. The summed E-state index contributed by atoms with van der Waals surface area (Å²) in [5.41, 5.74) is 0.690. The van der Waals surface area contributed by atoms with E-state index >= 15 is 0 Å². The van der Waals surface area contributed by atoms with Crippen LogP contribution in [0.2, 0.25) is 0 Å². The van der Waals surface area contributed by atoms with Crippen molar-refractivity contribution in [3.63, 3.8) is 0 Å². The second kappa shape index (κ2) is 9.82. The largest absolute Gasteiger partial charge is 0.342 e. The molecule has 0 radical (unpaired) electrons. The van der Waals surface area contributed by atoms with Crippen molar-refractivity contribution < 1.29 is 18.9 Å². The van der Waals surface area contributed by atoms with Gasteiger partial charge in [-0.3, -0.25) is 14.9 Å². The maximum atomic E-state index is 13.2. The van der Waals surface area contributed by atoms with Crippen LogP contribution in [0.3, 0.4) is 0 Å². The van der Waals surface area contributed by atoms with Crippen LogP contribution in [-0.2, 0) is 11.2 Å². The lowest BCUT2D eigenvalue weighted by molar-refractivity contribution is -0.385. The van der Waals surface area contributed by atoms with E-state index in [1.807, 2.05) is 0 Å². The van der Waals surface area contributed by atoms with Crippen molar-refractivity contribution in [3.8, 4) is 0 Å². The Morgan fingerprint density at radius 1 is 1.20 bits per heavy atom. The van der Waals surface area contributed by atoms with Crippen LogP contribution in [0.5, 0.6) is 0 Å². The molecule has 1 fully saturated rings. The van der Waals surface area contributed by atoms with E-state index in [1.165, 1.54) is 24.3 Å². The number of nitro benzene ring substituents is 1. The molecule has 1 atom stereocenters. The van der Waals surface area contributed by atoms with Gasteiger partial charge in [0.15, 0.2) is 0 Å². The number of carbonyl (C=O) groups is 2. The molecule has 3 rings (SSSR count). The van der Waals surface area contributed by atoms with Crippen LogP contribution < -0.4 is 10.6 Å². The number of piperidine rings is 1. The molecule has 0 spiro atoms. The van der Waals surface area contributed by atoms with Gasteiger partial charge in [-0.2, -0.15) is 0 Å². The van der Waals surface area contributed by atoms with Gasteiger partial charge >= 0.3 is 6.03 Å². The van der Waals surface area contributed by atoms with E-state index in [2.05, 4.69) is 10.6 Å². The number of nitrogens with one attached hydrogen (secondary N) is 2. The summed E-state index contributed by atoms with van der Waals surface area (Å²) in [5, 5.41) is 16.5. The highest BCUT2D eigenvalue weighted by Crippen LogP contribution is 2.21. The molecule has 1 aliphatic heterocycles. The Bertz CT molecular complexity index is 937. The number of amides is 3. The first-order valence-corrected chi connectivity index (χ1v) is 9.73. The van der Waals surface area contributed by atoms with Crippen molar-refractivity contribution >= 4 is 23.3 Å². The fraction of sp³-hybridized carbons (Fsp3) is 0.333. The van der Waals surface area contributed by atoms with E-state index in [4.69, 9.17) is 0 Å². The van der Waals surface area contributed by atoms with Gasteiger partial charge in [-0.15, -0.1) is 0 Å². The van der Waals surface area contributed by atoms with Crippen molar-refractivity contribution in [1.82, 2.24) is 10.2 Å². The Morgan fingerprint density at radius 2 is 2.00 bits per heavy atom. The van der Waals surface area contributed by atoms with Crippen molar-refractivity contribution in [2.75, 3.05) is 25.0 Å². The predicted molar refractivity (Wildman–Crippen MR) is 110 cm³/mol. The molecule has 2 aromatic rings. The highest BCUT2D eigenvalue weighted by Gasteiger charge is 2.25. The van der Waals surface area contributed by atoms with Crippen LogP contribution in [0.15, 0.2) is 48.5 Å². The molecule has 2 aromatic carbocycles. The predicted octanol–water partition coefficient (Wildman–Crippen LogP) is 3.34. The summed E-state index contributed by atoms with van der Waals surface area (Å²) in [6, 6.07) is 11.4. The topological polar surface area (TPSA) is 105 Å². The zero-order chi connectivity index (χ0) is 21.5. The van der Waals surface area contributed by atoms with Gasteiger partial charge in [0, 0.05) is 37.0 Å². The Hall–Kier alpha value is -3.49. The SMILES string of the molecule is O=C(NCC1CCCN(C(=O)Cc2ccccc2[N+](=O)[O-])C1)Nc1cccc(F)c1. The number of hydrogen-bond donors (Lipinski definition) is 2. The minimum Gasteiger partial charge on any atom is -0.342 e. The van der Waals surface area contributed by atoms with Crippen molar-refractivity contribution in [1.29, 1.82) is 0 Å². The van der Waals surface area contributed by atoms with Gasteiger partial charge in [-0.25, -0.2) is 9.18 Å². The number of halogens is 1.